The number of carbonyl (C=O) groups is 1. The SMILES string of the molecule is COc1cccc(/C=C/C(=O)OCc2cccc(C#N)c2)c1. The van der Waals surface area contributed by atoms with E-state index in [0.29, 0.717) is 5.56 Å². The molecule has 0 fully saturated rings. The van der Waals surface area contributed by atoms with Crippen LogP contribution in [0.5, 0.6) is 5.75 Å². The van der Waals surface area contributed by atoms with Gasteiger partial charge in [-0.25, -0.2) is 4.79 Å². The van der Waals surface area contributed by atoms with Crippen molar-refractivity contribution in [2.45, 2.75) is 6.61 Å². The number of hydrogen-bond acceptors (Lipinski definition) is 4. The second-order valence-corrected chi connectivity index (χ2v) is 4.53. The van der Waals surface area contributed by atoms with Crippen LogP contribution in [0.1, 0.15) is 16.7 Å². The molecule has 4 heteroatoms. The van der Waals surface area contributed by atoms with Crippen LogP contribution in [0.25, 0.3) is 6.08 Å². The fourth-order valence-electron chi connectivity index (χ4n) is 1.84. The molecule has 0 heterocycles. The van der Waals surface area contributed by atoms with Gasteiger partial charge in [0.25, 0.3) is 0 Å². The molecule has 0 aliphatic heterocycles. The first-order valence-electron chi connectivity index (χ1n) is 6.69. The first kappa shape index (κ1) is 15.3. The molecule has 2 aromatic rings. The Bertz CT molecular complexity index is 729. The molecule has 0 bridgehead atoms. The molecule has 0 aromatic heterocycles. The van der Waals surface area contributed by atoms with Gasteiger partial charge in [-0.1, -0.05) is 24.3 Å². The monoisotopic (exact) mass is 293 g/mol. The van der Waals surface area contributed by atoms with Gasteiger partial charge in [0.05, 0.1) is 18.7 Å². The predicted molar refractivity (Wildman–Crippen MR) is 83.0 cm³/mol. The first-order chi connectivity index (χ1) is 10.7. The number of benzene rings is 2. The molecular formula is C18H15NO3. The fourth-order valence-corrected chi connectivity index (χ4v) is 1.84. The highest BCUT2D eigenvalue weighted by atomic mass is 16.5. The smallest absolute Gasteiger partial charge is 0.331 e. The lowest BCUT2D eigenvalue weighted by Gasteiger charge is -2.03. The van der Waals surface area contributed by atoms with Crippen molar-refractivity contribution in [3.05, 3.63) is 71.3 Å². The zero-order valence-electron chi connectivity index (χ0n) is 12.2. The van der Waals surface area contributed by atoms with Crippen molar-refractivity contribution in [2.24, 2.45) is 0 Å². The summed E-state index contributed by atoms with van der Waals surface area (Å²) < 4.78 is 10.3. The summed E-state index contributed by atoms with van der Waals surface area (Å²) >= 11 is 0. The molecule has 2 rings (SSSR count). The van der Waals surface area contributed by atoms with E-state index in [-0.39, 0.29) is 6.61 Å². The van der Waals surface area contributed by atoms with E-state index in [1.54, 1.807) is 37.5 Å². The van der Waals surface area contributed by atoms with Crippen molar-refractivity contribution < 1.29 is 14.3 Å². The second-order valence-electron chi connectivity index (χ2n) is 4.53. The minimum absolute atomic E-state index is 0.136. The number of ether oxygens (including phenoxy) is 2. The second kappa shape index (κ2) is 7.65. The van der Waals surface area contributed by atoms with Crippen LogP contribution in [-0.4, -0.2) is 13.1 Å². The zero-order valence-corrected chi connectivity index (χ0v) is 12.2. The predicted octanol–water partition coefficient (Wildman–Crippen LogP) is 3.32. The standard InChI is InChI=1S/C18H15NO3/c1-21-17-7-3-4-14(11-17)8-9-18(20)22-13-16-6-2-5-15(10-16)12-19/h2-11H,13H2,1H3/b9-8+. The third kappa shape index (κ3) is 4.50. The molecule has 0 spiro atoms. The van der Waals surface area contributed by atoms with E-state index in [1.807, 2.05) is 30.3 Å². The zero-order chi connectivity index (χ0) is 15.8. The van der Waals surface area contributed by atoms with E-state index in [1.165, 1.54) is 6.08 Å². The summed E-state index contributed by atoms with van der Waals surface area (Å²) in [5, 5.41) is 8.81. The highest BCUT2D eigenvalue weighted by molar-refractivity contribution is 5.87. The number of methoxy groups -OCH3 is 1. The summed E-state index contributed by atoms with van der Waals surface area (Å²) in [5.41, 5.74) is 2.17. The van der Waals surface area contributed by atoms with E-state index < -0.39 is 5.97 Å². The molecule has 22 heavy (non-hydrogen) atoms. The van der Waals surface area contributed by atoms with Gasteiger partial charge in [0.1, 0.15) is 12.4 Å². The highest BCUT2D eigenvalue weighted by Crippen LogP contribution is 2.13. The Morgan fingerprint density at radius 3 is 2.82 bits per heavy atom. The molecule has 0 unspecified atom stereocenters. The van der Waals surface area contributed by atoms with Crippen molar-refractivity contribution in [3.8, 4) is 11.8 Å². The molecule has 0 aliphatic rings. The maximum absolute atomic E-state index is 11.7. The molecule has 0 saturated carbocycles. The van der Waals surface area contributed by atoms with Crippen LogP contribution >= 0.6 is 0 Å². The van der Waals surface area contributed by atoms with Crippen LogP contribution in [0.3, 0.4) is 0 Å². The van der Waals surface area contributed by atoms with E-state index >= 15 is 0 Å². The Labute approximate surface area is 129 Å². The molecule has 0 radical (unpaired) electrons. The van der Waals surface area contributed by atoms with Gasteiger partial charge >= 0.3 is 5.97 Å². The molecule has 0 atom stereocenters. The average Bonchev–Trinajstić information content (AvgIpc) is 2.58. The van der Waals surface area contributed by atoms with Crippen LogP contribution in [0, 0.1) is 11.3 Å². The Balaban J connectivity index is 1.92. The summed E-state index contributed by atoms with van der Waals surface area (Å²) in [7, 11) is 1.59. The average molecular weight is 293 g/mol. The van der Waals surface area contributed by atoms with Gasteiger partial charge in [-0.05, 0) is 41.5 Å². The summed E-state index contributed by atoms with van der Waals surface area (Å²) in [5.74, 6) is 0.286. The highest BCUT2D eigenvalue weighted by Gasteiger charge is 2.00. The molecule has 0 saturated heterocycles. The number of hydrogen-bond donors (Lipinski definition) is 0. The van der Waals surface area contributed by atoms with Crippen LogP contribution in [0.4, 0.5) is 0 Å². The van der Waals surface area contributed by atoms with Crippen molar-refractivity contribution in [1.29, 1.82) is 5.26 Å². The molecule has 0 aliphatic carbocycles. The first-order valence-corrected chi connectivity index (χ1v) is 6.69. The van der Waals surface area contributed by atoms with Gasteiger partial charge in [0, 0.05) is 6.08 Å². The van der Waals surface area contributed by atoms with Gasteiger partial charge < -0.3 is 9.47 Å². The molecule has 4 nitrogen and oxygen atoms in total. The number of rotatable bonds is 5. The summed E-state index contributed by atoms with van der Waals surface area (Å²) in [4.78, 5) is 11.7. The van der Waals surface area contributed by atoms with Crippen molar-refractivity contribution >= 4 is 12.0 Å². The van der Waals surface area contributed by atoms with Gasteiger partial charge in [0.2, 0.25) is 0 Å². The summed E-state index contributed by atoms with van der Waals surface area (Å²) in [6.07, 6.45) is 3.03. The van der Waals surface area contributed by atoms with Crippen molar-refractivity contribution in [2.75, 3.05) is 7.11 Å². The van der Waals surface area contributed by atoms with E-state index in [4.69, 9.17) is 14.7 Å². The van der Waals surface area contributed by atoms with Gasteiger partial charge in [-0.2, -0.15) is 5.26 Å². The molecule has 110 valence electrons. The third-order valence-corrected chi connectivity index (χ3v) is 2.94. The lowest BCUT2D eigenvalue weighted by molar-refractivity contribution is -0.138. The van der Waals surface area contributed by atoms with Crippen LogP contribution < -0.4 is 4.74 Å². The lowest BCUT2D eigenvalue weighted by Crippen LogP contribution is -2.00. The van der Waals surface area contributed by atoms with Crippen LogP contribution in [-0.2, 0) is 16.1 Å². The van der Waals surface area contributed by atoms with Gasteiger partial charge in [-0.15, -0.1) is 0 Å². The van der Waals surface area contributed by atoms with Gasteiger partial charge in [-0.3, -0.25) is 0 Å². The van der Waals surface area contributed by atoms with E-state index in [2.05, 4.69) is 0 Å². The lowest BCUT2D eigenvalue weighted by atomic mass is 10.1. The normalized spacial score (nSPS) is 10.2. The van der Waals surface area contributed by atoms with Crippen molar-refractivity contribution in [1.82, 2.24) is 0 Å². The summed E-state index contributed by atoms with van der Waals surface area (Å²) in [6, 6.07) is 16.4. The van der Waals surface area contributed by atoms with E-state index in [9.17, 15) is 4.79 Å². The van der Waals surface area contributed by atoms with Crippen LogP contribution in [0.2, 0.25) is 0 Å². The largest absolute Gasteiger partial charge is 0.497 e. The quantitative estimate of drug-likeness (QED) is 0.626. The Kier molecular flexibility index (Phi) is 5.33. The number of nitrogens with zero attached hydrogens (tertiary/aromatic N) is 1. The Morgan fingerprint density at radius 1 is 1.23 bits per heavy atom. The topological polar surface area (TPSA) is 59.3 Å². The van der Waals surface area contributed by atoms with Gasteiger partial charge in [0.15, 0.2) is 0 Å². The van der Waals surface area contributed by atoms with Crippen LogP contribution in [0.15, 0.2) is 54.6 Å². The molecule has 2 aromatic carbocycles. The minimum Gasteiger partial charge on any atom is -0.497 e. The minimum atomic E-state index is -0.440. The maximum Gasteiger partial charge on any atom is 0.331 e. The molecule has 0 N–H and O–H groups in total. The maximum atomic E-state index is 11.7. The number of nitriles is 1. The Morgan fingerprint density at radius 2 is 2.05 bits per heavy atom. The number of esters is 1. The fraction of sp³-hybridized carbons (Fsp3) is 0.111. The molecular weight excluding hydrogens is 278 g/mol. The Hall–Kier alpha value is -3.06. The van der Waals surface area contributed by atoms with Crippen molar-refractivity contribution in [3.63, 3.8) is 0 Å². The molecule has 0 amide bonds. The van der Waals surface area contributed by atoms with E-state index in [0.717, 1.165) is 16.9 Å². The third-order valence-electron chi connectivity index (χ3n) is 2.94. The summed E-state index contributed by atoms with van der Waals surface area (Å²) in [6.45, 7) is 0.136. The number of carbonyl (C=O) groups excluding carboxylic acids is 1.